The molecule has 1 aliphatic heterocycles. The maximum absolute atomic E-state index is 4.68. The lowest BCUT2D eigenvalue weighted by Crippen LogP contribution is -2.47. The summed E-state index contributed by atoms with van der Waals surface area (Å²) < 4.78 is 0. The molecule has 6 nitrogen and oxygen atoms in total. The second-order valence-corrected chi connectivity index (χ2v) is 6.26. The van der Waals surface area contributed by atoms with E-state index in [9.17, 15) is 0 Å². The van der Waals surface area contributed by atoms with Crippen LogP contribution in [0.3, 0.4) is 0 Å². The van der Waals surface area contributed by atoms with E-state index in [1.54, 1.807) is 12.4 Å². The van der Waals surface area contributed by atoms with Crippen molar-refractivity contribution in [1.82, 2.24) is 15.0 Å². The average molecular weight is 346 g/mol. The van der Waals surface area contributed by atoms with Crippen LogP contribution in [0.5, 0.6) is 0 Å². The minimum absolute atomic E-state index is 0.723. The predicted octanol–water partition coefficient (Wildman–Crippen LogP) is 2.81. The van der Waals surface area contributed by atoms with Crippen molar-refractivity contribution in [2.45, 2.75) is 6.54 Å². The summed E-state index contributed by atoms with van der Waals surface area (Å²) in [5, 5.41) is 3.36. The third-order valence-corrected chi connectivity index (χ3v) is 4.55. The third-order valence-electron chi connectivity index (χ3n) is 4.55. The van der Waals surface area contributed by atoms with E-state index in [4.69, 9.17) is 0 Å². The second kappa shape index (κ2) is 7.82. The minimum atomic E-state index is 0.723. The van der Waals surface area contributed by atoms with Gasteiger partial charge in [-0.2, -0.15) is 4.98 Å². The molecule has 0 saturated carbocycles. The summed E-state index contributed by atoms with van der Waals surface area (Å²) in [6.45, 7) is 4.51. The normalized spacial score (nSPS) is 14.3. The van der Waals surface area contributed by atoms with Crippen LogP contribution in [0.15, 0.2) is 67.1 Å². The molecular formula is C20H22N6. The molecule has 1 aromatic carbocycles. The van der Waals surface area contributed by atoms with Crippen molar-refractivity contribution in [2.75, 3.05) is 41.3 Å². The Morgan fingerprint density at radius 1 is 0.808 bits per heavy atom. The number of rotatable bonds is 5. The van der Waals surface area contributed by atoms with Gasteiger partial charge in [0.05, 0.1) is 0 Å². The van der Waals surface area contributed by atoms with Crippen molar-refractivity contribution in [2.24, 2.45) is 0 Å². The van der Waals surface area contributed by atoms with Gasteiger partial charge < -0.3 is 15.1 Å². The molecule has 0 amide bonds. The molecule has 1 N–H and O–H groups in total. The SMILES string of the molecule is c1ccc(N2CCN(c3nccc(NCc4ccncc4)n3)CC2)cc1. The molecule has 0 spiro atoms. The lowest BCUT2D eigenvalue weighted by Gasteiger charge is -2.36. The fourth-order valence-corrected chi connectivity index (χ4v) is 3.10. The molecule has 0 atom stereocenters. The highest BCUT2D eigenvalue weighted by atomic mass is 15.3. The van der Waals surface area contributed by atoms with Gasteiger partial charge in [-0.25, -0.2) is 4.98 Å². The summed E-state index contributed by atoms with van der Waals surface area (Å²) in [6.07, 6.45) is 5.42. The Morgan fingerprint density at radius 2 is 1.54 bits per heavy atom. The van der Waals surface area contributed by atoms with Gasteiger partial charge in [0, 0.05) is 57.0 Å². The number of piperazine rings is 1. The van der Waals surface area contributed by atoms with Gasteiger partial charge in [0.1, 0.15) is 5.82 Å². The number of anilines is 3. The number of benzene rings is 1. The highest BCUT2D eigenvalue weighted by Gasteiger charge is 2.19. The number of aromatic nitrogens is 3. The highest BCUT2D eigenvalue weighted by Crippen LogP contribution is 2.18. The van der Waals surface area contributed by atoms with E-state index in [2.05, 4.69) is 60.4 Å². The van der Waals surface area contributed by atoms with Crippen LogP contribution in [0.1, 0.15) is 5.56 Å². The first-order valence-corrected chi connectivity index (χ1v) is 8.89. The summed E-state index contributed by atoms with van der Waals surface area (Å²) in [6, 6.07) is 16.5. The Morgan fingerprint density at radius 3 is 2.31 bits per heavy atom. The van der Waals surface area contributed by atoms with Gasteiger partial charge in [0.25, 0.3) is 0 Å². The average Bonchev–Trinajstić information content (AvgIpc) is 2.74. The lowest BCUT2D eigenvalue weighted by atomic mass is 10.2. The Hall–Kier alpha value is -3.15. The first-order valence-electron chi connectivity index (χ1n) is 8.89. The lowest BCUT2D eigenvalue weighted by molar-refractivity contribution is 0.640. The van der Waals surface area contributed by atoms with E-state index in [-0.39, 0.29) is 0 Å². The number of hydrogen-bond donors (Lipinski definition) is 1. The van der Waals surface area contributed by atoms with Gasteiger partial charge in [0.2, 0.25) is 5.95 Å². The van der Waals surface area contributed by atoms with Gasteiger partial charge in [0.15, 0.2) is 0 Å². The number of nitrogens with zero attached hydrogens (tertiary/aromatic N) is 5. The standard InChI is InChI=1S/C20H22N6/c1-2-4-18(5-3-1)25-12-14-26(15-13-25)20-22-11-8-19(24-20)23-16-17-6-9-21-10-7-17/h1-11H,12-16H2,(H,22,23,24). The van der Waals surface area contributed by atoms with Crippen LogP contribution in [-0.2, 0) is 6.54 Å². The summed E-state index contributed by atoms with van der Waals surface area (Å²) >= 11 is 0. The number of para-hydroxylation sites is 1. The van der Waals surface area contributed by atoms with Crippen molar-refractivity contribution >= 4 is 17.5 Å². The Labute approximate surface area is 153 Å². The van der Waals surface area contributed by atoms with Crippen LogP contribution in [-0.4, -0.2) is 41.1 Å². The Kier molecular flexibility index (Phi) is 4.91. The molecule has 4 rings (SSSR count). The zero-order chi connectivity index (χ0) is 17.6. The molecule has 0 aliphatic carbocycles. The maximum atomic E-state index is 4.68. The Balaban J connectivity index is 1.36. The zero-order valence-corrected chi connectivity index (χ0v) is 14.6. The predicted molar refractivity (Wildman–Crippen MR) is 104 cm³/mol. The molecule has 0 unspecified atom stereocenters. The van der Waals surface area contributed by atoms with Crippen LogP contribution in [0, 0.1) is 0 Å². The van der Waals surface area contributed by atoms with E-state index in [0.717, 1.165) is 44.5 Å². The summed E-state index contributed by atoms with van der Waals surface area (Å²) in [7, 11) is 0. The molecule has 1 fully saturated rings. The Bertz CT molecular complexity index is 816. The molecule has 2 aromatic heterocycles. The number of pyridine rings is 1. The fourth-order valence-electron chi connectivity index (χ4n) is 3.10. The molecule has 1 saturated heterocycles. The van der Waals surface area contributed by atoms with E-state index in [1.165, 1.54) is 11.3 Å². The second-order valence-electron chi connectivity index (χ2n) is 6.26. The van der Waals surface area contributed by atoms with Gasteiger partial charge in [-0.15, -0.1) is 0 Å². The van der Waals surface area contributed by atoms with Gasteiger partial charge in [-0.1, -0.05) is 18.2 Å². The summed E-state index contributed by atoms with van der Waals surface area (Å²) in [4.78, 5) is 17.8. The van der Waals surface area contributed by atoms with Gasteiger partial charge in [-0.05, 0) is 35.9 Å². The van der Waals surface area contributed by atoms with Crippen molar-refractivity contribution in [3.63, 3.8) is 0 Å². The molecule has 3 aromatic rings. The quantitative estimate of drug-likeness (QED) is 0.767. The van der Waals surface area contributed by atoms with E-state index >= 15 is 0 Å². The smallest absolute Gasteiger partial charge is 0.227 e. The molecule has 1 aliphatic rings. The van der Waals surface area contributed by atoms with Crippen LogP contribution in [0.4, 0.5) is 17.5 Å². The molecule has 0 radical (unpaired) electrons. The van der Waals surface area contributed by atoms with Crippen molar-refractivity contribution in [1.29, 1.82) is 0 Å². The first-order chi connectivity index (χ1) is 12.9. The fraction of sp³-hybridized carbons (Fsp3) is 0.250. The van der Waals surface area contributed by atoms with Crippen molar-refractivity contribution in [3.05, 3.63) is 72.7 Å². The van der Waals surface area contributed by atoms with Gasteiger partial charge >= 0.3 is 0 Å². The van der Waals surface area contributed by atoms with E-state index in [1.807, 2.05) is 24.4 Å². The van der Waals surface area contributed by atoms with Crippen LogP contribution >= 0.6 is 0 Å². The van der Waals surface area contributed by atoms with E-state index in [0.29, 0.717) is 0 Å². The van der Waals surface area contributed by atoms with Crippen LogP contribution < -0.4 is 15.1 Å². The van der Waals surface area contributed by atoms with Gasteiger partial charge in [-0.3, -0.25) is 4.98 Å². The molecule has 3 heterocycles. The van der Waals surface area contributed by atoms with Crippen molar-refractivity contribution in [3.8, 4) is 0 Å². The van der Waals surface area contributed by atoms with Crippen LogP contribution in [0.25, 0.3) is 0 Å². The molecule has 132 valence electrons. The largest absolute Gasteiger partial charge is 0.368 e. The first kappa shape index (κ1) is 16.3. The highest BCUT2D eigenvalue weighted by molar-refractivity contribution is 5.49. The van der Waals surface area contributed by atoms with E-state index < -0.39 is 0 Å². The zero-order valence-electron chi connectivity index (χ0n) is 14.6. The van der Waals surface area contributed by atoms with Crippen LogP contribution in [0.2, 0.25) is 0 Å². The third kappa shape index (κ3) is 3.91. The van der Waals surface area contributed by atoms with Crippen molar-refractivity contribution < 1.29 is 0 Å². The molecule has 26 heavy (non-hydrogen) atoms. The molecule has 6 heteroatoms. The number of hydrogen-bond acceptors (Lipinski definition) is 6. The topological polar surface area (TPSA) is 57.2 Å². The minimum Gasteiger partial charge on any atom is -0.368 e. The summed E-state index contributed by atoms with van der Waals surface area (Å²) in [5.41, 5.74) is 2.46. The summed E-state index contributed by atoms with van der Waals surface area (Å²) in [5.74, 6) is 1.63. The molecular weight excluding hydrogens is 324 g/mol. The monoisotopic (exact) mass is 346 g/mol. The number of nitrogens with one attached hydrogen (secondary N) is 1. The molecule has 0 bridgehead atoms. The maximum Gasteiger partial charge on any atom is 0.227 e.